The first-order valence-corrected chi connectivity index (χ1v) is 5.68. The van der Waals surface area contributed by atoms with E-state index in [0.29, 0.717) is 0 Å². The maximum absolute atomic E-state index is 4.18. The second-order valence-corrected chi connectivity index (χ2v) is 3.80. The summed E-state index contributed by atoms with van der Waals surface area (Å²) < 4.78 is 2.19. The number of hydrogen-bond donors (Lipinski definition) is 1. The van der Waals surface area contributed by atoms with Crippen LogP contribution in [0.5, 0.6) is 0 Å². The fourth-order valence-electron chi connectivity index (χ4n) is 1.69. The van der Waals surface area contributed by atoms with Gasteiger partial charge in [0.15, 0.2) is 0 Å². The SMILES string of the molecule is CCCn1cncc1CNc1ccccc1. The molecule has 0 aliphatic carbocycles. The molecule has 0 saturated carbocycles. The van der Waals surface area contributed by atoms with Gasteiger partial charge in [-0.1, -0.05) is 25.1 Å². The van der Waals surface area contributed by atoms with Crippen LogP contribution in [-0.2, 0) is 13.1 Å². The molecule has 0 spiro atoms. The van der Waals surface area contributed by atoms with Gasteiger partial charge in [-0.3, -0.25) is 0 Å². The second kappa shape index (κ2) is 5.35. The highest BCUT2D eigenvalue weighted by Gasteiger charge is 2.00. The first kappa shape index (κ1) is 10.7. The van der Waals surface area contributed by atoms with E-state index in [9.17, 15) is 0 Å². The predicted molar refractivity (Wildman–Crippen MR) is 66.3 cm³/mol. The molecule has 2 aromatic rings. The molecule has 1 aromatic heterocycles. The first-order valence-electron chi connectivity index (χ1n) is 5.68. The van der Waals surface area contributed by atoms with Crippen LogP contribution in [0.1, 0.15) is 19.0 Å². The fraction of sp³-hybridized carbons (Fsp3) is 0.308. The summed E-state index contributed by atoms with van der Waals surface area (Å²) in [5.41, 5.74) is 2.37. The van der Waals surface area contributed by atoms with Gasteiger partial charge in [0, 0.05) is 18.4 Å². The molecule has 1 N–H and O–H groups in total. The number of imidazole rings is 1. The highest BCUT2D eigenvalue weighted by Crippen LogP contribution is 2.08. The van der Waals surface area contributed by atoms with Gasteiger partial charge in [0.2, 0.25) is 0 Å². The Hall–Kier alpha value is -1.77. The number of aryl methyl sites for hydroxylation is 1. The Kier molecular flexibility index (Phi) is 3.59. The quantitative estimate of drug-likeness (QED) is 0.831. The van der Waals surface area contributed by atoms with Gasteiger partial charge in [-0.15, -0.1) is 0 Å². The van der Waals surface area contributed by atoms with Gasteiger partial charge in [-0.05, 0) is 18.6 Å². The summed E-state index contributed by atoms with van der Waals surface area (Å²) in [6.07, 6.45) is 4.95. The Morgan fingerprint density at radius 1 is 1.25 bits per heavy atom. The average Bonchev–Trinajstić information content (AvgIpc) is 2.76. The van der Waals surface area contributed by atoms with E-state index in [-0.39, 0.29) is 0 Å². The van der Waals surface area contributed by atoms with Crippen LogP contribution in [0.3, 0.4) is 0 Å². The molecule has 1 heterocycles. The molecule has 0 bridgehead atoms. The van der Waals surface area contributed by atoms with Gasteiger partial charge in [0.05, 0.1) is 18.6 Å². The minimum Gasteiger partial charge on any atom is -0.379 e. The molecular formula is C13H17N3. The van der Waals surface area contributed by atoms with Crippen molar-refractivity contribution >= 4 is 5.69 Å². The van der Waals surface area contributed by atoms with Gasteiger partial charge < -0.3 is 9.88 Å². The van der Waals surface area contributed by atoms with Crippen LogP contribution in [0.2, 0.25) is 0 Å². The molecule has 16 heavy (non-hydrogen) atoms. The Labute approximate surface area is 96.1 Å². The number of nitrogens with zero attached hydrogens (tertiary/aromatic N) is 2. The standard InChI is InChI=1S/C13H17N3/c1-2-8-16-11-14-9-13(16)10-15-12-6-4-3-5-7-12/h3-7,9,11,15H,2,8,10H2,1H3. The highest BCUT2D eigenvalue weighted by atomic mass is 15.1. The van der Waals surface area contributed by atoms with Crippen LogP contribution in [0, 0.1) is 0 Å². The van der Waals surface area contributed by atoms with Gasteiger partial charge in [-0.25, -0.2) is 4.98 Å². The summed E-state index contributed by atoms with van der Waals surface area (Å²) in [5, 5.41) is 3.39. The largest absolute Gasteiger partial charge is 0.379 e. The molecule has 3 heteroatoms. The zero-order valence-corrected chi connectivity index (χ0v) is 9.56. The summed E-state index contributed by atoms with van der Waals surface area (Å²) in [6, 6.07) is 10.2. The monoisotopic (exact) mass is 215 g/mol. The van der Waals surface area contributed by atoms with E-state index in [2.05, 4.69) is 33.9 Å². The number of rotatable bonds is 5. The Balaban J connectivity index is 1.97. The van der Waals surface area contributed by atoms with E-state index in [1.54, 1.807) is 0 Å². The molecule has 1 aromatic carbocycles. The van der Waals surface area contributed by atoms with Crippen molar-refractivity contribution < 1.29 is 0 Å². The van der Waals surface area contributed by atoms with E-state index in [1.165, 1.54) is 5.69 Å². The number of nitrogens with one attached hydrogen (secondary N) is 1. The third-order valence-corrected chi connectivity index (χ3v) is 2.51. The van der Waals surface area contributed by atoms with E-state index < -0.39 is 0 Å². The number of anilines is 1. The topological polar surface area (TPSA) is 29.9 Å². The Morgan fingerprint density at radius 3 is 2.81 bits per heavy atom. The molecule has 0 amide bonds. The summed E-state index contributed by atoms with van der Waals surface area (Å²) >= 11 is 0. The van der Waals surface area contributed by atoms with Crippen LogP contribution in [0.4, 0.5) is 5.69 Å². The summed E-state index contributed by atoms with van der Waals surface area (Å²) in [6.45, 7) is 4.03. The molecule has 0 unspecified atom stereocenters. The van der Waals surface area contributed by atoms with E-state index in [0.717, 1.165) is 25.2 Å². The smallest absolute Gasteiger partial charge is 0.0948 e. The van der Waals surface area contributed by atoms with Crippen molar-refractivity contribution in [2.75, 3.05) is 5.32 Å². The molecule has 3 nitrogen and oxygen atoms in total. The summed E-state index contributed by atoms with van der Waals surface area (Å²) in [7, 11) is 0. The van der Waals surface area contributed by atoms with Crippen molar-refractivity contribution in [2.24, 2.45) is 0 Å². The van der Waals surface area contributed by atoms with Crippen LogP contribution in [-0.4, -0.2) is 9.55 Å². The van der Waals surface area contributed by atoms with Crippen molar-refractivity contribution in [3.63, 3.8) is 0 Å². The zero-order chi connectivity index (χ0) is 11.2. The van der Waals surface area contributed by atoms with Gasteiger partial charge in [0.25, 0.3) is 0 Å². The van der Waals surface area contributed by atoms with E-state index in [1.807, 2.05) is 30.7 Å². The zero-order valence-electron chi connectivity index (χ0n) is 9.56. The molecule has 0 aliphatic rings. The maximum Gasteiger partial charge on any atom is 0.0948 e. The van der Waals surface area contributed by atoms with Crippen LogP contribution in [0.15, 0.2) is 42.9 Å². The van der Waals surface area contributed by atoms with Gasteiger partial charge in [0.1, 0.15) is 0 Å². The molecule has 0 atom stereocenters. The van der Waals surface area contributed by atoms with Crippen LogP contribution < -0.4 is 5.32 Å². The lowest BCUT2D eigenvalue weighted by atomic mass is 10.3. The number of para-hydroxylation sites is 1. The molecule has 2 rings (SSSR count). The van der Waals surface area contributed by atoms with Crippen LogP contribution in [0.25, 0.3) is 0 Å². The van der Waals surface area contributed by atoms with E-state index in [4.69, 9.17) is 0 Å². The molecule has 0 radical (unpaired) electrons. The van der Waals surface area contributed by atoms with Crippen molar-refractivity contribution in [1.29, 1.82) is 0 Å². The van der Waals surface area contributed by atoms with Gasteiger partial charge in [-0.2, -0.15) is 0 Å². The van der Waals surface area contributed by atoms with E-state index >= 15 is 0 Å². The lowest BCUT2D eigenvalue weighted by Gasteiger charge is -2.08. The molecule has 84 valence electrons. The number of aromatic nitrogens is 2. The van der Waals surface area contributed by atoms with Crippen molar-refractivity contribution in [3.8, 4) is 0 Å². The molecule has 0 fully saturated rings. The Morgan fingerprint density at radius 2 is 2.06 bits per heavy atom. The molecule has 0 aliphatic heterocycles. The summed E-state index contributed by atoms with van der Waals surface area (Å²) in [4.78, 5) is 4.18. The lowest BCUT2D eigenvalue weighted by molar-refractivity contribution is 0.651. The number of hydrogen-bond acceptors (Lipinski definition) is 2. The second-order valence-electron chi connectivity index (χ2n) is 3.80. The average molecular weight is 215 g/mol. The highest BCUT2D eigenvalue weighted by molar-refractivity contribution is 5.42. The predicted octanol–water partition coefficient (Wildman–Crippen LogP) is 2.91. The third kappa shape index (κ3) is 2.63. The maximum atomic E-state index is 4.18. The van der Waals surface area contributed by atoms with Gasteiger partial charge >= 0.3 is 0 Å². The van der Waals surface area contributed by atoms with Crippen LogP contribution >= 0.6 is 0 Å². The molecule has 0 saturated heterocycles. The number of benzene rings is 1. The molecular weight excluding hydrogens is 198 g/mol. The Bertz CT molecular complexity index is 420. The minimum absolute atomic E-state index is 0.823. The minimum atomic E-state index is 0.823. The third-order valence-electron chi connectivity index (χ3n) is 2.51. The summed E-state index contributed by atoms with van der Waals surface area (Å²) in [5.74, 6) is 0. The van der Waals surface area contributed by atoms with Crippen molar-refractivity contribution in [3.05, 3.63) is 48.5 Å². The first-order chi connectivity index (χ1) is 7.90. The normalized spacial score (nSPS) is 10.3. The lowest BCUT2D eigenvalue weighted by Crippen LogP contribution is -2.06. The fourth-order valence-corrected chi connectivity index (χ4v) is 1.69. The van der Waals surface area contributed by atoms with Crippen molar-refractivity contribution in [1.82, 2.24) is 9.55 Å². The van der Waals surface area contributed by atoms with Crippen molar-refractivity contribution in [2.45, 2.75) is 26.4 Å².